The fourth-order valence-electron chi connectivity index (χ4n) is 4.58. The van der Waals surface area contributed by atoms with Crippen LogP contribution in [-0.2, 0) is 4.74 Å². The first-order valence-corrected chi connectivity index (χ1v) is 14.4. The molecule has 0 amide bonds. The molecule has 1 atom stereocenters. The van der Waals surface area contributed by atoms with Crippen LogP contribution in [0.25, 0.3) is 0 Å². The standard InChI is InChI=1S/C26H18BrF2O2P/c27-32(19-10-4-1-5-11-19,20-12-6-2-7-13-20,21-14-8-3-9-15-21)26-24-22(25(30)31-26)16-18(28)17-23(24)29/h1-17,26H. The second-order valence-electron chi connectivity index (χ2n) is 7.69. The molecule has 0 saturated heterocycles. The number of cyclic esters (lactones) is 1. The topological polar surface area (TPSA) is 26.3 Å². The second kappa shape index (κ2) is 7.61. The van der Waals surface area contributed by atoms with Crippen molar-refractivity contribution in [2.75, 3.05) is 0 Å². The fourth-order valence-corrected chi connectivity index (χ4v) is 12.6. The van der Waals surface area contributed by atoms with Gasteiger partial charge in [0.15, 0.2) is 0 Å². The molecule has 0 N–H and O–H groups in total. The zero-order valence-electron chi connectivity index (χ0n) is 16.8. The minimum absolute atomic E-state index is 0.0718. The summed E-state index contributed by atoms with van der Waals surface area (Å²) < 4.78 is 35.4. The van der Waals surface area contributed by atoms with Crippen molar-refractivity contribution in [3.8, 4) is 0 Å². The van der Waals surface area contributed by atoms with E-state index in [0.29, 0.717) is 0 Å². The molecule has 6 heteroatoms. The van der Waals surface area contributed by atoms with Crippen LogP contribution >= 0.6 is 20.8 Å². The number of carbonyl (C=O) groups is 1. The van der Waals surface area contributed by atoms with E-state index in [-0.39, 0.29) is 11.1 Å². The number of hydrogen-bond acceptors (Lipinski definition) is 2. The van der Waals surface area contributed by atoms with E-state index in [1.807, 2.05) is 91.0 Å². The van der Waals surface area contributed by atoms with E-state index in [0.717, 1.165) is 28.0 Å². The summed E-state index contributed by atoms with van der Waals surface area (Å²) in [5, 5.41) is -1.26. The second-order valence-corrected chi connectivity index (χ2v) is 16.3. The van der Waals surface area contributed by atoms with Gasteiger partial charge in [0, 0.05) is 0 Å². The van der Waals surface area contributed by atoms with E-state index in [2.05, 4.69) is 15.5 Å². The molecular formula is C26H18BrF2O2P. The number of carbonyl (C=O) groups excluding carboxylic acids is 1. The minimum atomic E-state index is -3.85. The Bertz CT molecular complexity index is 1210. The summed E-state index contributed by atoms with van der Waals surface area (Å²) in [5.41, 5.74) is -0.00811. The summed E-state index contributed by atoms with van der Waals surface area (Å²) >= 11 is 4.19. The van der Waals surface area contributed by atoms with Crippen molar-refractivity contribution in [1.29, 1.82) is 0 Å². The van der Waals surface area contributed by atoms with Crippen LogP contribution in [0, 0.1) is 11.6 Å². The molecule has 1 unspecified atom stereocenters. The van der Waals surface area contributed by atoms with Gasteiger partial charge < -0.3 is 0 Å². The number of halogens is 3. The average molecular weight is 511 g/mol. The van der Waals surface area contributed by atoms with Gasteiger partial charge in [-0.1, -0.05) is 0 Å². The summed E-state index contributed by atoms with van der Waals surface area (Å²) in [5.74, 6) is -3.36. The number of ether oxygens (including phenoxy) is 1. The SMILES string of the molecule is O=C1OC(P(Br)(c2ccccc2)(c2ccccc2)c2ccccc2)c2c(F)cc(F)cc21. The molecule has 32 heavy (non-hydrogen) atoms. The van der Waals surface area contributed by atoms with Crippen LogP contribution in [0.4, 0.5) is 8.78 Å². The van der Waals surface area contributed by atoms with Gasteiger partial charge in [-0.2, -0.15) is 0 Å². The summed E-state index contributed by atoms with van der Waals surface area (Å²) in [6, 6.07) is 30.7. The zero-order chi connectivity index (χ0) is 22.4. The molecule has 1 aliphatic heterocycles. The maximum atomic E-state index is 15.4. The molecule has 4 aromatic rings. The third-order valence-electron chi connectivity index (χ3n) is 6.00. The summed E-state index contributed by atoms with van der Waals surface area (Å²) in [4.78, 5) is 12.9. The summed E-state index contributed by atoms with van der Waals surface area (Å²) in [7, 11) is 0. The molecule has 0 spiro atoms. The van der Waals surface area contributed by atoms with Crippen LogP contribution in [0.5, 0.6) is 0 Å². The van der Waals surface area contributed by atoms with Gasteiger partial charge in [-0.3, -0.25) is 0 Å². The zero-order valence-corrected chi connectivity index (χ0v) is 19.3. The third kappa shape index (κ3) is 2.81. The molecule has 5 rings (SSSR count). The van der Waals surface area contributed by atoms with Crippen molar-refractivity contribution in [3.05, 3.63) is 126 Å². The quantitative estimate of drug-likeness (QED) is 0.249. The normalized spacial score (nSPS) is 16.7. The van der Waals surface area contributed by atoms with E-state index in [4.69, 9.17) is 4.74 Å². The number of hydrogen-bond donors (Lipinski definition) is 0. The monoisotopic (exact) mass is 510 g/mol. The Hall–Kier alpha value is -2.88. The average Bonchev–Trinajstić information content (AvgIpc) is 3.18. The van der Waals surface area contributed by atoms with Gasteiger partial charge >= 0.3 is 193 Å². The Labute approximate surface area is 192 Å². The van der Waals surface area contributed by atoms with Crippen LogP contribution in [-0.4, -0.2) is 5.97 Å². The van der Waals surface area contributed by atoms with E-state index < -0.39 is 28.8 Å². The number of benzene rings is 4. The van der Waals surface area contributed by atoms with Crippen LogP contribution in [0.1, 0.15) is 21.8 Å². The van der Waals surface area contributed by atoms with Crippen LogP contribution < -0.4 is 15.9 Å². The Morgan fingerprint density at radius 1 is 0.719 bits per heavy atom. The third-order valence-corrected chi connectivity index (χ3v) is 16.0. The van der Waals surface area contributed by atoms with E-state index in [1.165, 1.54) is 0 Å². The van der Waals surface area contributed by atoms with Gasteiger partial charge in [0.05, 0.1) is 0 Å². The first-order valence-electron chi connectivity index (χ1n) is 10.0. The Morgan fingerprint density at radius 2 is 1.16 bits per heavy atom. The summed E-state index contributed by atoms with van der Waals surface area (Å²) in [6.45, 7) is 0. The molecule has 0 aliphatic carbocycles. The van der Waals surface area contributed by atoms with Crippen molar-refractivity contribution in [3.63, 3.8) is 0 Å². The first-order chi connectivity index (χ1) is 15.4. The Morgan fingerprint density at radius 3 is 1.59 bits per heavy atom. The fraction of sp³-hybridized carbons (Fsp3) is 0.0385. The molecule has 0 radical (unpaired) electrons. The molecule has 0 saturated carbocycles. The van der Waals surface area contributed by atoms with Crippen molar-refractivity contribution in [2.24, 2.45) is 0 Å². The number of fused-ring (bicyclic) bond motifs is 1. The van der Waals surface area contributed by atoms with Crippen LogP contribution in [0.15, 0.2) is 103 Å². The van der Waals surface area contributed by atoms with Gasteiger partial charge in [-0.25, -0.2) is 0 Å². The van der Waals surface area contributed by atoms with Crippen LogP contribution in [0.2, 0.25) is 0 Å². The maximum absolute atomic E-state index is 15.4. The van der Waals surface area contributed by atoms with Gasteiger partial charge in [-0.05, 0) is 0 Å². The van der Waals surface area contributed by atoms with E-state index >= 15 is 4.39 Å². The molecule has 1 aliphatic rings. The molecular weight excluding hydrogens is 493 g/mol. The Kier molecular flexibility index (Phi) is 4.99. The predicted molar refractivity (Wildman–Crippen MR) is 129 cm³/mol. The molecule has 0 fully saturated rings. The molecule has 160 valence electrons. The summed E-state index contributed by atoms with van der Waals surface area (Å²) in [6.07, 6.45) is 0. The van der Waals surface area contributed by atoms with Gasteiger partial charge in [-0.15, -0.1) is 0 Å². The van der Waals surface area contributed by atoms with Gasteiger partial charge in [0.25, 0.3) is 0 Å². The predicted octanol–water partition coefficient (Wildman–Crippen LogP) is 5.97. The van der Waals surface area contributed by atoms with Gasteiger partial charge in [0.2, 0.25) is 0 Å². The van der Waals surface area contributed by atoms with Crippen molar-refractivity contribution in [1.82, 2.24) is 0 Å². The number of esters is 1. The van der Waals surface area contributed by atoms with Crippen LogP contribution in [0.3, 0.4) is 0 Å². The number of rotatable bonds is 4. The van der Waals surface area contributed by atoms with Crippen molar-refractivity contribution >= 4 is 42.7 Å². The molecule has 0 bridgehead atoms. The van der Waals surface area contributed by atoms with Crippen molar-refractivity contribution < 1.29 is 18.3 Å². The van der Waals surface area contributed by atoms with Crippen molar-refractivity contribution in [2.45, 2.75) is 5.85 Å². The van der Waals surface area contributed by atoms with E-state index in [9.17, 15) is 9.18 Å². The molecule has 0 aromatic heterocycles. The molecule has 4 aromatic carbocycles. The van der Waals surface area contributed by atoms with Gasteiger partial charge in [0.1, 0.15) is 0 Å². The Balaban J connectivity index is 1.98. The molecule has 2 nitrogen and oxygen atoms in total. The van der Waals surface area contributed by atoms with E-state index in [1.54, 1.807) is 0 Å². The first kappa shape index (κ1) is 21.0. The molecule has 1 heterocycles.